The molecular weight excluding hydrogens is 264 g/mol. The molecule has 0 saturated carbocycles. The normalized spacial score (nSPS) is 13.8. The first-order valence-electron chi connectivity index (χ1n) is 6.23. The smallest absolute Gasteiger partial charge is 0.305 e. The Labute approximate surface area is 116 Å². The van der Waals surface area contributed by atoms with Crippen molar-refractivity contribution in [3.05, 3.63) is 29.8 Å². The fourth-order valence-electron chi connectivity index (χ4n) is 1.63. The molecule has 0 spiro atoms. The molecule has 0 aliphatic heterocycles. The maximum atomic E-state index is 12.0. The third kappa shape index (κ3) is 5.98. The molecule has 1 rings (SSSR count). The SMILES string of the molecule is COC(=O)CCC[C@H](O)CS(=O)c1ccc(C)cc1. The molecule has 1 N–H and O–H groups in total. The van der Waals surface area contributed by atoms with Crippen LogP contribution in [0, 0.1) is 6.92 Å². The van der Waals surface area contributed by atoms with Crippen molar-refractivity contribution in [2.24, 2.45) is 0 Å². The molecule has 0 bridgehead atoms. The molecule has 1 aromatic rings. The monoisotopic (exact) mass is 284 g/mol. The minimum absolute atomic E-state index is 0.199. The molecule has 0 aliphatic carbocycles. The highest BCUT2D eigenvalue weighted by atomic mass is 32.2. The predicted octanol–water partition coefficient (Wildman–Crippen LogP) is 1.81. The Balaban J connectivity index is 2.35. The fourth-order valence-corrected chi connectivity index (χ4v) is 2.78. The highest BCUT2D eigenvalue weighted by molar-refractivity contribution is 7.85. The van der Waals surface area contributed by atoms with E-state index in [9.17, 15) is 14.1 Å². The van der Waals surface area contributed by atoms with Crippen LogP contribution in [0.1, 0.15) is 24.8 Å². The Hall–Kier alpha value is -1.20. The minimum Gasteiger partial charge on any atom is -0.469 e. The lowest BCUT2D eigenvalue weighted by molar-refractivity contribution is -0.140. The number of aliphatic hydroxyl groups excluding tert-OH is 1. The number of carbonyl (C=O) groups is 1. The second-order valence-corrected chi connectivity index (χ2v) is 5.94. The van der Waals surface area contributed by atoms with Crippen molar-refractivity contribution >= 4 is 16.8 Å². The standard InChI is InChI=1S/C14H20O4S/c1-11-6-8-13(9-7-11)19(17)10-12(15)4-3-5-14(16)18-2/h6-9,12,15H,3-5,10H2,1-2H3/t12-,19?/m0/s1. The Bertz CT molecular complexity index is 428. The van der Waals surface area contributed by atoms with E-state index in [0.717, 1.165) is 10.5 Å². The molecule has 0 amide bonds. The highest BCUT2D eigenvalue weighted by Gasteiger charge is 2.12. The van der Waals surface area contributed by atoms with E-state index in [-0.39, 0.29) is 18.1 Å². The van der Waals surface area contributed by atoms with Crippen LogP contribution in [-0.4, -0.2) is 34.3 Å². The molecule has 0 fully saturated rings. The maximum Gasteiger partial charge on any atom is 0.305 e. The lowest BCUT2D eigenvalue weighted by Gasteiger charge is -2.10. The summed E-state index contributed by atoms with van der Waals surface area (Å²) < 4.78 is 16.5. The summed E-state index contributed by atoms with van der Waals surface area (Å²) in [5.74, 6) is -0.0867. The molecule has 0 aromatic heterocycles. The van der Waals surface area contributed by atoms with Crippen LogP contribution in [-0.2, 0) is 20.3 Å². The number of aryl methyl sites for hydroxylation is 1. The molecule has 0 aliphatic rings. The average molecular weight is 284 g/mol. The Morgan fingerprint density at radius 1 is 1.37 bits per heavy atom. The Kier molecular flexibility index (Phi) is 6.73. The highest BCUT2D eigenvalue weighted by Crippen LogP contribution is 2.11. The topological polar surface area (TPSA) is 63.6 Å². The van der Waals surface area contributed by atoms with E-state index in [1.807, 2.05) is 31.2 Å². The van der Waals surface area contributed by atoms with Gasteiger partial charge in [-0.25, -0.2) is 0 Å². The summed E-state index contributed by atoms with van der Waals surface area (Å²) in [7, 11) is 0.135. The van der Waals surface area contributed by atoms with Crippen LogP contribution in [0.15, 0.2) is 29.2 Å². The number of esters is 1. The van der Waals surface area contributed by atoms with Crippen LogP contribution in [0.25, 0.3) is 0 Å². The van der Waals surface area contributed by atoms with E-state index < -0.39 is 16.9 Å². The van der Waals surface area contributed by atoms with Crippen molar-refractivity contribution in [3.63, 3.8) is 0 Å². The van der Waals surface area contributed by atoms with Crippen molar-refractivity contribution < 1.29 is 18.8 Å². The summed E-state index contributed by atoms with van der Waals surface area (Å²) in [4.78, 5) is 11.6. The molecule has 106 valence electrons. The zero-order valence-electron chi connectivity index (χ0n) is 11.3. The number of hydrogen-bond acceptors (Lipinski definition) is 4. The van der Waals surface area contributed by atoms with Crippen LogP contribution in [0.5, 0.6) is 0 Å². The molecule has 1 aromatic carbocycles. The molecule has 0 heterocycles. The van der Waals surface area contributed by atoms with E-state index in [1.54, 1.807) is 0 Å². The van der Waals surface area contributed by atoms with Crippen LogP contribution < -0.4 is 0 Å². The summed E-state index contributed by atoms with van der Waals surface area (Å²) in [6.45, 7) is 1.97. The summed E-state index contributed by atoms with van der Waals surface area (Å²) in [5.41, 5.74) is 1.11. The van der Waals surface area contributed by atoms with Gasteiger partial charge in [0.15, 0.2) is 0 Å². The predicted molar refractivity (Wildman–Crippen MR) is 74.3 cm³/mol. The van der Waals surface area contributed by atoms with Gasteiger partial charge in [0.25, 0.3) is 0 Å². The molecule has 1 unspecified atom stereocenters. The number of methoxy groups -OCH3 is 1. The first-order valence-corrected chi connectivity index (χ1v) is 7.54. The molecule has 5 heteroatoms. The number of aliphatic hydroxyl groups is 1. The zero-order chi connectivity index (χ0) is 14.3. The van der Waals surface area contributed by atoms with Gasteiger partial charge in [0.05, 0.1) is 29.8 Å². The van der Waals surface area contributed by atoms with Gasteiger partial charge in [-0.1, -0.05) is 17.7 Å². The summed E-state index contributed by atoms with van der Waals surface area (Å²) in [5, 5.41) is 9.78. The number of rotatable bonds is 7. The van der Waals surface area contributed by atoms with E-state index in [2.05, 4.69) is 4.74 Å². The van der Waals surface area contributed by atoms with E-state index in [1.165, 1.54) is 7.11 Å². The zero-order valence-corrected chi connectivity index (χ0v) is 12.1. The van der Waals surface area contributed by atoms with Crippen LogP contribution in [0.2, 0.25) is 0 Å². The van der Waals surface area contributed by atoms with Gasteiger partial charge in [0, 0.05) is 11.3 Å². The summed E-state index contributed by atoms with van der Waals surface area (Å²) in [6, 6.07) is 7.42. The van der Waals surface area contributed by atoms with Gasteiger partial charge in [-0.05, 0) is 31.9 Å². The van der Waals surface area contributed by atoms with Crippen LogP contribution in [0.4, 0.5) is 0 Å². The fraction of sp³-hybridized carbons (Fsp3) is 0.500. The third-order valence-electron chi connectivity index (χ3n) is 2.77. The molecular formula is C14H20O4S. The number of hydrogen-bond donors (Lipinski definition) is 1. The van der Waals surface area contributed by atoms with E-state index in [4.69, 9.17) is 0 Å². The lowest BCUT2D eigenvalue weighted by Crippen LogP contribution is -2.17. The quantitative estimate of drug-likeness (QED) is 0.776. The first-order chi connectivity index (χ1) is 9.02. The van der Waals surface area contributed by atoms with Crippen molar-refractivity contribution in [2.45, 2.75) is 37.2 Å². The number of benzene rings is 1. The van der Waals surface area contributed by atoms with Gasteiger partial charge in [0.1, 0.15) is 0 Å². The van der Waals surface area contributed by atoms with E-state index in [0.29, 0.717) is 12.8 Å². The van der Waals surface area contributed by atoms with Gasteiger partial charge in [0.2, 0.25) is 0 Å². The second-order valence-electron chi connectivity index (χ2n) is 4.45. The maximum absolute atomic E-state index is 12.0. The molecule has 19 heavy (non-hydrogen) atoms. The molecule has 0 saturated heterocycles. The Morgan fingerprint density at radius 2 is 2.00 bits per heavy atom. The van der Waals surface area contributed by atoms with Crippen molar-refractivity contribution in [1.29, 1.82) is 0 Å². The largest absolute Gasteiger partial charge is 0.469 e. The lowest BCUT2D eigenvalue weighted by atomic mass is 10.2. The van der Waals surface area contributed by atoms with Gasteiger partial charge in [-0.3, -0.25) is 9.00 Å². The van der Waals surface area contributed by atoms with Crippen molar-refractivity contribution in [1.82, 2.24) is 0 Å². The average Bonchev–Trinajstić information content (AvgIpc) is 2.39. The van der Waals surface area contributed by atoms with Crippen LogP contribution >= 0.6 is 0 Å². The number of carbonyl (C=O) groups excluding carboxylic acids is 1. The number of ether oxygens (including phenoxy) is 1. The minimum atomic E-state index is -1.20. The van der Waals surface area contributed by atoms with Crippen molar-refractivity contribution in [3.8, 4) is 0 Å². The van der Waals surface area contributed by atoms with Gasteiger partial charge < -0.3 is 9.84 Å². The van der Waals surface area contributed by atoms with Gasteiger partial charge >= 0.3 is 5.97 Å². The molecule has 4 nitrogen and oxygen atoms in total. The first kappa shape index (κ1) is 15.9. The summed E-state index contributed by atoms with van der Waals surface area (Å²) in [6.07, 6.45) is 0.614. The molecule has 2 atom stereocenters. The van der Waals surface area contributed by atoms with Crippen LogP contribution in [0.3, 0.4) is 0 Å². The van der Waals surface area contributed by atoms with Gasteiger partial charge in [-0.2, -0.15) is 0 Å². The van der Waals surface area contributed by atoms with Gasteiger partial charge in [-0.15, -0.1) is 0 Å². The Morgan fingerprint density at radius 3 is 2.58 bits per heavy atom. The van der Waals surface area contributed by atoms with E-state index >= 15 is 0 Å². The molecule has 0 radical (unpaired) electrons. The second kappa shape index (κ2) is 8.07. The third-order valence-corrected chi connectivity index (χ3v) is 4.26. The van der Waals surface area contributed by atoms with Crippen molar-refractivity contribution in [2.75, 3.05) is 12.9 Å². The summed E-state index contributed by atoms with van der Waals surface area (Å²) >= 11 is 0.